The minimum absolute atomic E-state index is 0.0236. The molecule has 1 saturated carbocycles. The van der Waals surface area contributed by atoms with E-state index in [1.54, 1.807) is 0 Å². The Morgan fingerprint density at radius 2 is 1.79 bits per heavy atom. The molecule has 0 amide bonds. The van der Waals surface area contributed by atoms with Crippen LogP contribution in [-0.2, 0) is 6.42 Å². The second-order valence-corrected chi connectivity index (χ2v) is 7.21. The molecule has 0 atom stereocenters. The molecule has 0 spiro atoms. The van der Waals surface area contributed by atoms with Crippen molar-refractivity contribution in [3.05, 3.63) is 23.8 Å². The molecule has 3 rings (SSSR count). The zero-order valence-electron chi connectivity index (χ0n) is 12.4. The van der Waals surface area contributed by atoms with Gasteiger partial charge in [-0.2, -0.15) is 0 Å². The lowest BCUT2D eigenvalue weighted by Gasteiger charge is -2.41. The molecule has 0 saturated heterocycles. The Bertz CT molecular complexity index is 468. The normalized spacial score (nSPS) is 23.5. The van der Waals surface area contributed by atoms with Crippen LogP contribution in [0.5, 0.6) is 5.75 Å². The first-order valence-electron chi connectivity index (χ1n) is 7.52. The van der Waals surface area contributed by atoms with Crippen LogP contribution >= 0.6 is 0 Å². The minimum Gasteiger partial charge on any atom is -0.488 e. The summed E-state index contributed by atoms with van der Waals surface area (Å²) in [7, 11) is 0. The Hall–Kier alpha value is -1.18. The summed E-state index contributed by atoms with van der Waals surface area (Å²) in [5.41, 5.74) is 3.19. The van der Waals surface area contributed by atoms with Crippen molar-refractivity contribution >= 4 is 5.69 Å². The van der Waals surface area contributed by atoms with Crippen LogP contribution in [0.1, 0.15) is 52.0 Å². The van der Waals surface area contributed by atoms with Gasteiger partial charge in [-0.1, -0.05) is 13.8 Å². The van der Waals surface area contributed by atoms with Gasteiger partial charge in [-0.3, -0.25) is 0 Å². The summed E-state index contributed by atoms with van der Waals surface area (Å²) in [6.07, 6.45) is 5.97. The molecule has 1 heterocycles. The fourth-order valence-electron chi connectivity index (χ4n) is 3.19. The lowest BCUT2D eigenvalue weighted by Crippen LogP contribution is -2.39. The average molecular weight is 259 g/mol. The van der Waals surface area contributed by atoms with Gasteiger partial charge < -0.3 is 10.1 Å². The molecule has 0 bridgehead atoms. The van der Waals surface area contributed by atoms with E-state index in [0.29, 0.717) is 5.41 Å². The monoisotopic (exact) mass is 259 g/mol. The number of rotatable bonds is 2. The summed E-state index contributed by atoms with van der Waals surface area (Å²) in [6.45, 7) is 8.07. The van der Waals surface area contributed by atoms with E-state index in [4.69, 9.17) is 4.74 Å². The topological polar surface area (TPSA) is 21.3 Å². The molecular weight excluding hydrogens is 234 g/mol. The van der Waals surface area contributed by atoms with Crippen LogP contribution in [0.25, 0.3) is 0 Å². The first kappa shape index (κ1) is 12.8. The smallest absolute Gasteiger partial charge is 0.120 e. The van der Waals surface area contributed by atoms with Gasteiger partial charge in [0.05, 0.1) is 0 Å². The van der Waals surface area contributed by atoms with Crippen molar-refractivity contribution in [2.45, 2.75) is 58.5 Å². The molecule has 1 aliphatic heterocycles. The van der Waals surface area contributed by atoms with Crippen molar-refractivity contribution in [3.63, 3.8) is 0 Å². The van der Waals surface area contributed by atoms with Crippen molar-refractivity contribution in [1.82, 2.24) is 0 Å². The molecular formula is C17H25NO. The first-order valence-corrected chi connectivity index (χ1v) is 7.52. The van der Waals surface area contributed by atoms with E-state index in [1.807, 2.05) is 0 Å². The number of benzene rings is 1. The van der Waals surface area contributed by atoms with E-state index in [9.17, 15) is 0 Å². The van der Waals surface area contributed by atoms with Gasteiger partial charge in [0.1, 0.15) is 11.4 Å². The Labute approximate surface area is 116 Å². The number of hydrogen-bond donors (Lipinski definition) is 1. The highest BCUT2D eigenvalue weighted by Crippen LogP contribution is 2.42. The summed E-state index contributed by atoms with van der Waals surface area (Å²) in [6, 6.07) is 6.50. The van der Waals surface area contributed by atoms with Crippen LogP contribution in [0.4, 0.5) is 5.69 Å². The molecule has 1 aliphatic carbocycles. The van der Waals surface area contributed by atoms with Crippen molar-refractivity contribution in [3.8, 4) is 5.75 Å². The standard InChI is InChI=1S/C17H25NO/c1-16(2)7-9-17(3,10-8-16)19-14-4-5-15-13(12-14)6-11-18-15/h4-5,12,18H,6-11H2,1-3H3. The largest absolute Gasteiger partial charge is 0.488 e. The molecule has 1 fully saturated rings. The van der Waals surface area contributed by atoms with E-state index in [-0.39, 0.29) is 5.60 Å². The van der Waals surface area contributed by atoms with Gasteiger partial charge in [-0.05, 0) is 68.2 Å². The third-order valence-corrected chi connectivity index (χ3v) is 4.81. The highest BCUT2D eigenvalue weighted by Gasteiger charge is 2.36. The summed E-state index contributed by atoms with van der Waals surface area (Å²) < 4.78 is 6.33. The molecule has 1 aromatic carbocycles. The van der Waals surface area contributed by atoms with Gasteiger partial charge >= 0.3 is 0 Å². The quantitative estimate of drug-likeness (QED) is 0.850. The molecule has 1 aromatic rings. The number of hydrogen-bond acceptors (Lipinski definition) is 2. The van der Waals surface area contributed by atoms with Crippen LogP contribution < -0.4 is 10.1 Å². The SMILES string of the molecule is CC1(C)CCC(C)(Oc2ccc3c(c2)CCN3)CC1. The van der Waals surface area contributed by atoms with Crippen molar-refractivity contribution < 1.29 is 4.74 Å². The van der Waals surface area contributed by atoms with Crippen molar-refractivity contribution in [1.29, 1.82) is 0 Å². The van der Waals surface area contributed by atoms with Crippen LogP contribution in [0, 0.1) is 5.41 Å². The van der Waals surface area contributed by atoms with E-state index in [0.717, 1.165) is 31.6 Å². The average Bonchev–Trinajstić information content (AvgIpc) is 2.81. The molecule has 1 N–H and O–H groups in total. The van der Waals surface area contributed by atoms with Crippen LogP contribution in [0.15, 0.2) is 18.2 Å². The zero-order valence-corrected chi connectivity index (χ0v) is 12.4. The van der Waals surface area contributed by atoms with Gasteiger partial charge in [-0.15, -0.1) is 0 Å². The Morgan fingerprint density at radius 1 is 1.05 bits per heavy atom. The Balaban J connectivity index is 1.71. The fraction of sp³-hybridized carbons (Fsp3) is 0.647. The second-order valence-electron chi connectivity index (χ2n) is 7.21. The first-order chi connectivity index (χ1) is 8.96. The van der Waals surface area contributed by atoms with Crippen LogP contribution in [-0.4, -0.2) is 12.1 Å². The van der Waals surface area contributed by atoms with E-state index >= 15 is 0 Å². The Morgan fingerprint density at radius 3 is 2.53 bits per heavy atom. The predicted molar refractivity (Wildman–Crippen MR) is 79.9 cm³/mol. The third kappa shape index (κ3) is 2.72. The number of ether oxygens (including phenoxy) is 1. The molecule has 19 heavy (non-hydrogen) atoms. The second kappa shape index (κ2) is 4.43. The molecule has 0 aromatic heterocycles. The molecule has 2 heteroatoms. The lowest BCUT2D eigenvalue weighted by molar-refractivity contribution is 0.0125. The van der Waals surface area contributed by atoms with Crippen molar-refractivity contribution in [2.24, 2.45) is 5.41 Å². The van der Waals surface area contributed by atoms with E-state index < -0.39 is 0 Å². The predicted octanol–water partition coefficient (Wildman–Crippen LogP) is 4.39. The third-order valence-electron chi connectivity index (χ3n) is 4.81. The fourth-order valence-corrected chi connectivity index (χ4v) is 3.19. The number of nitrogens with one attached hydrogen (secondary N) is 1. The van der Waals surface area contributed by atoms with Gasteiger partial charge in [0.15, 0.2) is 0 Å². The van der Waals surface area contributed by atoms with Crippen LogP contribution in [0.2, 0.25) is 0 Å². The van der Waals surface area contributed by atoms with Crippen LogP contribution in [0.3, 0.4) is 0 Å². The molecule has 2 nitrogen and oxygen atoms in total. The van der Waals surface area contributed by atoms with E-state index in [2.05, 4.69) is 44.3 Å². The molecule has 2 aliphatic rings. The highest BCUT2D eigenvalue weighted by atomic mass is 16.5. The molecule has 0 radical (unpaired) electrons. The number of fused-ring (bicyclic) bond motifs is 1. The van der Waals surface area contributed by atoms with Gasteiger partial charge in [-0.25, -0.2) is 0 Å². The van der Waals surface area contributed by atoms with Gasteiger partial charge in [0, 0.05) is 12.2 Å². The van der Waals surface area contributed by atoms with Gasteiger partial charge in [0.2, 0.25) is 0 Å². The summed E-state index contributed by atoms with van der Waals surface area (Å²) in [4.78, 5) is 0. The molecule has 0 unspecified atom stereocenters. The maximum Gasteiger partial charge on any atom is 0.120 e. The minimum atomic E-state index is 0.0236. The number of anilines is 1. The Kier molecular flexibility index (Phi) is 2.99. The lowest BCUT2D eigenvalue weighted by atomic mass is 9.71. The zero-order chi connectivity index (χ0) is 13.5. The molecule has 104 valence electrons. The highest BCUT2D eigenvalue weighted by molar-refractivity contribution is 5.57. The summed E-state index contributed by atoms with van der Waals surface area (Å²) in [5, 5.41) is 3.40. The summed E-state index contributed by atoms with van der Waals surface area (Å²) in [5.74, 6) is 1.05. The maximum atomic E-state index is 6.33. The summed E-state index contributed by atoms with van der Waals surface area (Å²) >= 11 is 0. The maximum absolute atomic E-state index is 6.33. The van der Waals surface area contributed by atoms with Gasteiger partial charge in [0.25, 0.3) is 0 Å². The van der Waals surface area contributed by atoms with Crippen molar-refractivity contribution in [2.75, 3.05) is 11.9 Å². The van der Waals surface area contributed by atoms with E-state index in [1.165, 1.54) is 24.1 Å².